The third-order valence-electron chi connectivity index (χ3n) is 5.24. The van der Waals surface area contributed by atoms with Crippen molar-refractivity contribution >= 4 is 46.4 Å². The second-order valence-electron chi connectivity index (χ2n) is 7.53. The first-order valence-corrected chi connectivity index (χ1v) is 11.0. The summed E-state index contributed by atoms with van der Waals surface area (Å²) in [5.41, 5.74) is 3.00. The number of rotatable bonds is 7. The topological polar surface area (TPSA) is 87.7 Å². The van der Waals surface area contributed by atoms with Gasteiger partial charge in [0.15, 0.2) is 0 Å². The Morgan fingerprint density at radius 3 is 2.26 bits per heavy atom. The number of halogens is 1. The zero-order chi connectivity index (χ0) is 24.2. The van der Waals surface area contributed by atoms with E-state index in [2.05, 4.69) is 10.6 Å². The molecule has 1 heterocycles. The van der Waals surface area contributed by atoms with Crippen LogP contribution < -0.4 is 20.3 Å². The summed E-state index contributed by atoms with van der Waals surface area (Å²) in [6, 6.07) is 20.6. The van der Waals surface area contributed by atoms with E-state index in [9.17, 15) is 14.4 Å². The van der Waals surface area contributed by atoms with Gasteiger partial charge in [0.2, 0.25) is 0 Å². The number of para-hydroxylation sites is 1. The maximum absolute atomic E-state index is 13.0. The van der Waals surface area contributed by atoms with Gasteiger partial charge in [-0.25, -0.2) is 4.90 Å². The van der Waals surface area contributed by atoms with Crippen LogP contribution in [-0.4, -0.2) is 24.3 Å². The van der Waals surface area contributed by atoms with Crippen LogP contribution in [0.2, 0.25) is 0 Å². The van der Waals surface area contributed by atoms with Gasteiger partial charge in [0.05, 0.1) is 12.3 Å². The highest BCUT2D eigenvalue weighted by Gasteiger charge is 2.39. The van der Waals surface area contributed by atoms with Gasteiger partial charge in [-0.05, 0) is 74.0 Å². The molecule has 0 saturated carbocycles. The summed E-state index contributed by atoms with van der Waals surface area (Å²) in [4.78, 5) is 39.2. The Bertz CT molecular complexity index is 1280. The van der Waals surface area contributed by atoms with E-state index in [1.54, 1.807) is 48.5 Å². The van der Waals surface area contributed by atoms with Gasteiger partial charge in [-0.2, -0.15) is 0 Å². The molecule has 0 aliphatic carbocycles. The van der Waals surface area contributed by atoms with E-state index in [-0.39, 0.29) is 16.6 Å². The van der Waals surface area contributed by atoms with E-state index < -0.39 is 11.8 Å². The number of carbonyl (C=O) groups is 3. The SMILES string of the molecule is CCOc1ccc(N2C(=O)C(Cl)=C(Nc3ccc(C(=O)Nc4ccccc4C)cc3)C2=O)cc1. The first kappa shape index (κ1) is 23.1. The van der Waals surface area contributed by atoms with Gasteiger partial charge in [0, 0.05) is 16.9 Å². The Morgan fingerprint density at radius 2 is 1.62 bits per heavy atom. The van der Waals surface area contributed by atoms with Crippen molar-refractivity contribution in [3.63, 3.8) is 0 Å². The van der Waals surface area contributed by atoms with Crippen LogP contribution in [0.4, 0.5) is 17.1 Å². The number of nitrogens with one attached hydrogen (secondary N) is 2. The molecule has 0 bridgehead atoms. The summed E-state index contributed by atoms with van der Waals surface area (Å²) in [5.74, 6) is -0.811. The van der Waals surface area contributed by atoms with Gasteiger partial charge in [-0.3, -0.25) is 14.4 Å². The normalized spacial score (nSPS) is 13.3. The minimum atomic E-state index is -0.618. The fourth-order valence-electron chi connectivity index (χ4n) is 3.46. The molecule has 2 N–H and O–H groups in total. The first-order chi connectivity index (χ1) is 16.4. The molecule has 0 spiro atoms. The minimum Gasteiger partial charge on any atom is -0.494 e. The molecule has 3 aromatic rings. The highest BCUT2D eigenvalue weighted by atomic mass is 35.5. The molecule has 8 heteroatoms. The number of ether oxygens (including phenoxy) is 1. The van der Waals surface area contributed by atoms with Crippen molar-refractivity contribution in [3.05, 3.63) is 94.7 Å². The molecule has 1 aliphatic heterocycles. The average molecular weight is 476 g/mol. The number of anilines is 3. The summed E-state index contributed by atoms with van der Waals surface area (Å²) in [5, 5.41) is 5.57. The molecule has 3 aromatic carbocycles. The number of imide groups is 1. The second kappa shape index (κ2) is 9.80. The van der Waals surface area contributed by atoms with Crippen LogP contribution in [0.25, 0.3) is 0 Å². The lowest BCUT2D eigenvalue weighted by molar-refractivity contribution is -0.120. The molecule has 3 amide bonds. The van der Waals surface area contributed by atoms with E-state index in [1.165, 1.54) is 0 Å². The van der Waals surface area contributed by atoms with Crippen molar-refractivity contribution in [2.45, 2.75) is 13.8 Å². The summed E-state index contributed by atoms with van der Waals surface area (Å²) in [6.07, 6.45) is 0. The van der Waals surface area contributed by atoms with E-state index >= 15 is 0 Å². The number of hydrogen-bond donors (Lipinski definition) is 2. The van der Waals surface area contributed by atoms with Gasteiger partial charge < -0.3 is 15.4 Å². The number of nitrogens with zero attached hydrogens (tertiary/aromatic N) is 1. The van der Waals surface area contributed by atoms with Crippen LogP contribution >= 0.6 is 11.6 Å². The van der Waals surface area contributed by atoms with E-state index in [1.807, 2.05) is 38.1 Å². The molecular formula is C26H22ClN3O4. The van der Waals surface area contributed by atoms with Crippen molar-refractivity contribution in [3.8, 4) is 5.75 Å². The zero-order valence-corrected chi connectivity index (χ0v) is 19.3. The maximum atomic E-state index is 13.0. The second-order valence-corrected chi connectivity index (χ2v) is 7.91. The fraction of sp³-hybridized carbons (Fsp3) is 0.115. The maximum Gasteiger partial charge on any atom is 0.283 e. The summed E-state index contributed by atoms with van der Waals surface area (Å²) >= 11 is 6.20. The monoisotopic (exact) mass is 475 g/mol. The summed E-state index contributed by atoms with van der Waals surface area (Å²) in [7, 11) is 0. The number of carbonyl (C=O) groups excluding carboxylic acids is 3. The van der Waals surface area contributed by atoms with Gasteiger partial charge in [-0.15, -0.1) is 0 Å². The van der Waals surface area contributed by atoms with Crippen LogP contribution in [0.15, 0.2) is 83.5 Å². The number of aryl methyl sites for hydroxylation is 1. The third kappa shape index (κ3) is 4.65. The van der Waals surface area contributed by atoms with Crippen molar-refractivity contribution in [1.29, 1.82) is 0 Å². The first-order valence-electron chi connectivity index (χ1n) is 10.6. The average Bonchev–Trinajstić information content (AvgIpc) is 3.05. The van der Waals surface area contributed by atoms with Crippen molar-refractivity contribution in [2.75, 3.05) is 22.1 Å². The van der Waals surface area contributed by atoms with E-state index in [0.29, 0.717) is 29.3 Å². The fourth-order valence-corrected chi connectivity index (χ4v) is 3.67. The van der Waals surface area contributed by atoms with Crippen LogP contribution in [0, 0.1) is 6.92 Å². The lowest BCUT2D eigenvalue weighted by Gasteiger charge is -2.15. The van der Waals surface area contributed by atoms with Crippen LogP contribution in [-0.2, 0) is 9.59 Å². The van der Waals surface area contributed by atoms with Crippen molar-refractivity contribution in [1.82, 2.24) is 0 Å². The van der Waals surface area contributed by atoms with Crippen LogP contribution in [0.3, 0.4) is 0 Å². The number of amides is 3. The van der Waals surface area contributed by atoms with Gasteiger partial charge >= 0.3 is 0 Å². The van der Waals surface area contributed by atoms with Crippen molar-refractivity contribution < 1.29 is 19.1 Å². The number of hydrogen-bond acceptors (Lipinski definition) is 5. The molecule has 4 rings (SSSR count). The quantitative estimate of drug-likeness (QED) is 0.465. The highest BCUT2D eigenvalue weighted by Crippen LogP contribution is 2.31. The molecule has 0 radical (unpaired) electrons. The molecule has 0 atom stereocenters. The molecule has 1 aliphatic rings. The largest absolute Gasteiger partial charge is 0.494 e. The molecule has 172 valence electrons. The Morgan fingerprint density at radius 1 is 0.941 bits per heavy atom. The Balaban J connectivity index is 1.47. The van der Waals surface area contributed by atoms with Crippen LogP contribution in [0.5, 0.6) is 5.75 Å². The van der Waals surface area contributed by atoms with Crippen molar-refractivity contribution in [2.24, 2.45) is 0 Å². The van der Waals surface area contributed by atoms with Gasteiger partial charge in [-0.1, -0.05) is 29.8 Å². The summed E-state index contributed by atoms with van der Waals surface area (Å²) in [6.45, 7) is 4.29. The highest BCUT2D eigenvalue weighted by molar-refractivity contribution is 6.53. The predicted octanol–water partition coefficient (Wildman–Crippen LogP) is 5.08. The zero-order valence-electron chi connectivity index (χ0n) is 18.6. The molecule has 7 nitrogen and oxygen atoms in total. The van der Waals surface area contributed by atoms with Gasteiger partial charge in [0.25, 0.3) is 17.7 Å². The predicted molar refractivity (Wildman–Crippen MR) is 132 cm³/mol. The minimum absolute atomic E-state index is 0.0299. The number of benzene rings is 3. The molecule has 34 heavy (non-hydrogen) atoms. The van der Waals surface area contributed by atoms with Gasteiger partial charge in [0.1, 0.15) is 16.5 Å². The standard InChI is InChI=1S/C26H22ClN3O4/c1-3-34-20-14-12-19(13-15-20)30-25(32)22(27)23(26(30)33)28-18-10-8-17(9-11-18)24(31)29-21-7-5-4-6-16(21)2/h4-15,28H,3H2,1-2H3,(H,29,31). The summed E-state index contributed by atoms with van der Waals surface area (Å²) < 4.78 is 5.40. The Labute approximate surface area is 202 Å². The molecule has 0 unspecified atom stereocenters. The Kier molecular flexibility index (Phi) is 6.65. The molecule has 0 saturated heterocycles. The molecular weight excluding hydrogens is 454 g/mol. The molecule has 0 aromatic heterocycles. The van der Waals surface area contributed by atoms with E-state index in [0.717, 1.165) is 16.2 Å². The lowest BCUT2D eigenvalue weighted by atomic mass is 10.1. The van der Waals surface area contributed by atoms with Crippen LogP contribution in [0.1, 0.15) is 22.8 Å². The van der Waals surface area contributed by atoms with E-state index in [4.69, 9.17) is 16.3 Å². The third-order valence-corrected chi connectivity index (χ3v) is 5.59. The molecule has 0 fully saturated rings. The Hall–Kier alpha value is -4.10. The smallest absolute Gasteiger partial charge is 0.283 e. The lowest BCUT2D eigenvalue weighted by Crippen LogP contribution is -2.32.